The number of likely N-dealkylation sites (N-methyl/N-ethyl adjacent to an activating group) is 1. The summed E-state index contributed by atoms with van der Waals surface area (Å²) in [5, 5.41) is 8.14. The molecule has 0 unspecified atom stereocenters. The van der Waals surface area contributed by atoms with E-state index in [0.29, 0.717) is 36.4 Å². The van der Waals surface area contributed by atoms with Crippen LogP contribution in [0.2, 0.25) is 0 Å². The predicted octanol–water partition coefficient (Wildman–Crippen LogP) is 3.06. The van der Waals surface area contributed by atoms with Crippen LogP contribution in [-0.4, -0.2) is 52.5 Å². The summed E-state index contributed by atoms with van der Waals surface area (Å²) in [4.78, 5) is 4.19. The van der Waals surface area contributed by atoms with Gasteiger partial charge in [0.1, 0.15) is 9.96 Å². The standard InChI is InChI=1S/C19H28N4O3S2.HI/c1-5-26-17-13-15(2)8-9-16(17)14-22-19(20-3)21-10-11-23(4)28(24,25)18-7-6-12-27-18;/h6-9,12-13H,5,10-11,14H2,1-4H3,(H2,20,21,22);1H. The van der Waals surface area contributed by atoms with Gasteiger partial charge in [0, 0.05) is 39.3 Å². The lowest BCUT2D eigenvalue weighted by Gasteiger charge is -2.18. The first kappa shape index (κ1) is 25.7. The highest BCUT2D eigenvalue weighted by atomic mass is 127. The van der Waals surface area contributed by atoms with Crippen molar-refractivity contribution in [1.82, 2.24) is 14.9 Å². The first-order chi connectivity index (χ1) is 13.4. The molecule has 7 nitrogen and oxygen atoms in total. The second-order valence-corrected chi connectivity index (χ2v) is 9.37. The highest BCUT2D eigenvalue weighted by Gasteiger charge is 2.21. The largest absolute Gasteiger partial charge is 0.494 e. The summed E-state index contributed by atoms with van der Waals surface area (Å²) in [5.74, 6) is 1.46. The molecule has 0 bridgehead atoms. The van der Waals surface area contributed by atoms with Gasteiger partial charge in [-0.25, -0.2) is 8.42 Å². The van der Waals surface area contributed by atoms with E-state index >= 15 is 0 Å². The molecule has 0 radical (unpaired) electrons. The molecule has 1 aromatic carbocycles. The van der Waals surface area contributed by atoms with Crippen LogP contribution in [0.4, 0.5) is 0 Å². The monoisotopic (exact) mass is 552 g/mol. The zero-order valence-electron chi connectivity index (χ0n) is 17.1. The van der Waals surface area contributed by atoms with Crippen molar-refractivity contribution in [3.63, 3.8) is 0 Å². The van der Waals surface area contributed by atoms with Crippen molar-refractivity contribution in [1.29, 1.82) is 0 Å². The van der Waals surface area contributed by atoms with E-state index in [0.717, 1.165) is 16.9 Å². The maximum atomic E-state index is 12.4. The Kier molecular flexibility index (Phi) is 10.9. The number of nitrogens with zero attached hydrogens (tertiary/aromatic N) is 2. The van der Waals surface area contributed by atoms with Crippen LogP contribution in [0.5, 0.6) is 5.75 Å². The highest BCUT2D eigenvalue weighted by molar-refractivity contribution is 14.0. The minimum atomic E-state index is -3.44. The molecule has 0 aliphatic carbocycles. The maximum absolute atomic E-state index is 12.4. The predicted molar refractivity (Wildman–Crippen MR) is 130 cm³/mol. The molecule has 1 aromatic heterocycles. The number of ether oxygens (including phenoxy) is 1. The van der Waals surface area contributed by atoms with Gasteiger partial charge in [-0.05, 0) is 36.9 Å². The molecule has 2 aromatic rings. The number of halogens is 1. The van der Waals surface area contributed by atoms with Crippen LogP contribution >= 0.6 is 35.3 Å². The van der Waals surface area contributed by atoms with E-state index < -0.39 is 10.0 Å². The van der Waals surface area contributed by atoms with Crippen LogP contribution in [-0.2, 0) is 16.6 Å². The van der Waals surface area contributed by atoms with E-state index in [1.165, 1.54) is 15.6 Å². The number of guanidine groups is 1. The summed E-state index contributed by atoms with van der Waals surface area (Å²) in [6.07, 6.45) is 0. The van der Waals surface area contributed by atoms with Gasteiger partial charge in [-0.3, -0.25) is 4.99 Å². The van der Waals surface area contributed by atoms with Crippen molar-refractivity contribution in [3.8, 4) is 5.75 Å². The number of aliphatic imine (C=N–C) groups is 1. The third kappa shape index (κ3) is 7.43. The average Bonchev–Trinajstić information content (AvgIpc) is 3.21. The van der Waals surface area contributed by atoms with Crippen molar-refractivity contribution in [3.05, 3.63) is 46.8 Å². The van der Waals surface area contributed by atoms with Gasteiger partial charge >= 0.3 is 0 Å². The summed E-state index contributed by atoms with van der Waals surface area (Å²) in [7, 11) is -0.179. The minimum absolute atomic E-state index is 0. The molecule has 1 heterocycles. The molecule has 29 heavy (non-hydrogen) atoms. The van der Waals surface area contributed by atoms with Gasteiger partial charge in [-0.1, -0.05) is 18.2 Å². The molecule has 0 aliphatic heterocycles. The Labute approximate surface area is 194 Å². The molecule has 0 fully saturated rings. The topological polar surface area (TPSA) is 83.0 Å². The molecule has 0 saturated heterocycles. The fourth-order valence-electron chi connectivity index (χ4n) is 2.51. The average molecular weight is 553 g/mol. The number of rotatable bonds is 9. The van der Waals surface area contributed by atoms with Crippen LogP contribution in [0.15, 0.2) is 44.9 Å². The Balaban J connectivity index is 0.00000420. The van der Waals surface area contributed by atoms with Gasteiger partial charge in [-0.15, -0.1) is 35.3 Å². The highest BCUT2D eigenvalue weighted by Crippen LogP contribution is 2.20. The lowest BCUT2D eigenvalue weighted by molar-refractivity contribution is 0.336. The first-order valence-electron chi connectivity index (χ1n) is 9.05. The molecule has 0 atom stereocenters. The van der Waals surface area contributed by atoms with Gasteiger partial charge in [0.05, 0.1) is 6.61 Å². The number of benzene rings is 1. The maximum Gasteiger partial charge on any atom is 0.252 e. The zero-order chi connectivity index (χ0) is 20.6. The second kappa shape index (κ2) is 12.4. The first-order valence-corrected chi connectivity index (χ1v) is 11.4. The third-order valence-corrected chi connectivity index (χ3v) is 7.30. The number of hydrogen-bond donors (Lipinski definition) is 2. The van der Waals surface area contributed by atoms with E-state index in [9.17, 15) is 8.42 Å². The quantitative estimate of drug-likeness (QED) is 0.284. The van der Waals surface area contributed by atoms with Crippen molar-refractivity contribution in [2.75, 3.05) is 33.8 Å². The second-order valence-electron chi connectivity index (χ2n) is 6.16. The molecular weight excluding hydrogens is 523 g/mol. The van der Waals surface area contributed by atoms with Crippen molar-refractivity contribution < 1.29 is 13.2 Å². The number of aryl methyl sites for hydroxylation is 1. The molecule has 0 amide bonds. The summed E-state index contributed by atoms with van der Waals surface area (Å²) in [5.41, 5.74) is 2.18. The summed E-state index contributed by atoms with van der Waals surface area (Å²) in [6.45, 7) is 5.91. The molecule has 162 valence electrons. The Hall–Kier alpha value is -1.37. The summed E-state index contributed by atoms with van der Waals surface area (Å²) >= 11 is 1.22. The summed E-state index contributed by atoms with van der Waals surface area (Å²) in [6, 6.07) is 9.43. The zero-order valence-corrected chi connectivity index (χ0v) is 21.1. The van der Waals surface area contributed by atoms with E-state index in [-0.39, 0.29) is 24.0 Å². The Morgan fingerprint density at radius 1 is 1.28 bits per heavy atom. The van der Waals surface area contributed by atoms with Gasteiger partial charge in [0.2, 0.25) is 0 Å². The van der Waals surface area contributed by atoms with Crippen LogP contribution in [0.3, 0.4) is 0 Å². The van der Waals surface area contributed by atoms with Crippen molar-refractivity contribution >= 4 is 51.3 Å². The van der Waals surface area contributed by atoms with E-state index in [4.69, 9.17) is 4.74 Å². The number of sulfonamides is 1. The molecule has 0 aliphatic rings. The summed E-state index contributed by atoms with van der Waals surface area (Å²) < 4.78 is 32.2. The molecule has 10 heteroatoms. The Bertz CT molecular complexity index is 887. The molecule has 2 N–H and O–H groups in total. The lowest BCUT2D eigenvalue weighted by atomic mass is 10.1. The van der Waals surface area contributed by atoms with Crippen LogP contribution < -0.4 is 15.4 Å². The van der Waals surface area contributed by atoms with Crippen molar-refractivity contribution in [2.24, 2.45) is 4.99 Å². The van der Waals surface area contributed by atoms with Gasteiger partial charge in [0.15, 0.2) is 5.96 Å². The van der Waals surface area contributed by atoms with Crippen LogP contribution in [0.25, 0.3) is 0 Å². The molecular formula is C19H29IN4O3S2. The fourth-order valence-corrected chi connectivity index (χ4v) is 4.89. The Morgan fingerprint density at radius 3 is 2.66 bits per heavy atom. The number of hydrogen-bond acceptors (Lipinski definition) is 5. The van der Waals surface area contributed by atoms with E-state index in [2.05, 4.69) is 15.6 Å². The van der Waals surface area contributed by atoms with Crippen LogP contribution in [0.1, 0.15) is 18.1 Å². The molecule has 2 rings (SSSR count). The molecule has 0 saturated carbocycles. The fraction of sp³-hybridized carbons (Fsp3) is 0.421. The van der Waals surface area contributed by atoms with Gasteiger partial charge in [0.25, 0.3) is 10.0 Å². The molecule has 0 spiro atoms. The SMILES string of the molecule is CCOc1cc(C)ccc1CNC(=NC)NCCN(C)S(=O)(=O)c1cccs1.I. The lowest BCUT2D eigenvalue weighted by Crippen LogP contribution is -2.41. The van der Waals surface area contributed by atoms with E-state index in [1.807, 2.05) is 32.0 Å². The minimum Gasteiger partial charge on any atom is -0.494 e. The van der Waals surface area contributed by atoms with E-state index in [1.54, 1.807) is 31.6 Å². The third-order valence-electron chi connectivity index (χ3n) is 4.07. The normalized spacial score (nSPS) is 11.8. The van der Waals surface area contributed by atoms with Crippen LogP contribution in [0, 0.1) is 6.92 Å². The Morgan fingerprint density at radius 2 is 2.03 bits per heavy atom. The smallest absolute Gasteiger partial charge is 0.252 e. The number of thiophene rings is 1. The van der Waals surface area contributed by atoms with Gasteiger partial charge in [-0.2, -0.15) is 4.31 Å². The number of nitrogens with one attached hydrogen (secondary N) is 2. The van der Waals surface area contributed by atoms with Gasteiger partial charge < -0.3 is 15.4 Å². The van der Waals surface area contributed by atoms with Crippen molar-refractivity contribution in [2.45, 2.75) is 24.6 Å².